The largest absolute Gasteiger partial charge is 0.316 e. The first-order valence-electron chi connectivity index (χ1n) is 11.1. The van der Waals surface area contributed by atoms with E-state index in [9.17, 15) is 0 Å². The van der Waals surface area contributed by atoms with E-state index in [0.717, 1.165) is 12.8 Å². The lowest BCUT2D eigenvalue weighted by atomic mass is 9.96. The predicted molar refractivity (Wildman–Crippen MR) is 129 cm³/mol. The molecule has 2 aliphatic carbocycles. The maximum absolute atomic E-state index is 2.37. The van der Waals surface area contributed by atoms with Crippen molar-refractivity contribution in [1.82, 2.24) is 4.40 Å². The number of pyridine rings is 1. The molecule has 4 aromatic carbocycles. The number of nitrogens with zero attached hydrogens (tertiary/aromatic N) is 1. The maximum atomic E-state index is 2.37. The van der Waals surface area contributed by atoms with Crippen molar-refractivity contribution in [2.45, 2.75) is 12.8 Å². The van der Waals surface area contributed by atoms with E-state index in [1.807, 2.05) is 0 Å². The van der Waals surface area contributed by atoms with Crippen LogP contribution in [0.15, 0.2) is 91.1 Å². The van der Waals surface area contributed by atoms with Gasteiger partial charge in [0.05, 0.1) is 11.0 Å². The molecule has 0 unspecified atom stereocenters. The molecule has 2 heterocycles. The molecule has 0 spiro atoms. The van der Waals surface area contributed by atoms with E-state index < -0.39 is 0 Å². The van der Waals surface area contributed by atoms with Gasteiger partial charge in [-0.2, -0.15) is 0 Å². The smallest absolute Gasteiger partial charge is 0.0538 e. The SMILES string of the molecule is c1ccc2c(c1)Cc1c-2ccc2c1Cc1c-2ccc2c3ccccc3n3cccc3c12. The lowest BCUT2D eigenvalue weighted by Gasteiger charge is -2.13. The van der Waals surface area contributed by atoms with E-state index in [0.29, 0.717) is 0 Å². The van der Waals surface area contributed by atoms with Crippen LogP contribution in [0.1, 0.15) is 22.3 Å². The third-order valence-electron chi connectivity index (χ3n) is 7.52. The zero-order chi connectivity index (χ0) is 20.1. The lowest BCUT2D eigenvalue weighted by molar-refractivity contribution is 1.17. The minimum absolute atomic E-state index is 1.03. The van der Waals surface area contributed by atoms with Gasteiger partial charge >= 0.3 is 0 Å². The predicted octanol–water partition coefficient (Wildman–Crippen LogP) is 7.39. The molecule has 2 aliphatic rings. The molecule has 0 N–H and O–H groups in total. The summed E-state index contributed by atoms with van der Waals surface area (Å²) in [4.78, 5) is 0. The molecule has 31 heavy (non-hydrogen) atoms. The van der Waals surface area contributed by atoms with Gasteiger partial charge in [0, 0.05) is 17.0 Å². The van der Waals surface area contributed by atoms with Crippen molar-refractivity contribution in [3.63, 3.8) is 0 Å². The van der Waals surface area contributed by atoms with Gasteiger partial charge in [-0.25, -0.2) is 0 Å². The molecule has 0 saturated heterocycles. The summed E-state index contributed by atoms with van der Waals surface area (Å²) in [5.74, 6) is 0. The average Bonchev–Trinajstić information content (AvgIpc) is 3.53. The Labute approximate surface area is 180 Å². The zero-order valence-electron chi connectivity index (χ0n) is 17.0. The van der Waals surface area contributed by atoms with Crippen molar-refractivity contribution in [3.8, 4) is 22.3 Å². The van der Waals surface area contributed by atoms with E-state index in [4.69, 9.17) is 0 Å². The topological polar surface area (TPSA) is 4.41 Å². The van der Waals surface area contributed by atoms with E-state index in [1.165, 1.54) is 71.7 Å². The van der Waals surface area contributed by atoms with Gasteiger partial charge in [-0.3, -0.25) is 0 Å². The fraction of sp³-hybridized carbons (Fsp3) is 0.0667. The fourth-order valence-corrected chi connectivity index (χ4v) is 6.21. The molecule has 0 aliphatic heterocycles. The van der Waals surface area contributed by atoms with Crippen LogP contribution >= 0.6 is 0 Å². The van der Waals surface area contributed by atoms with Crippen molar-refractivity contribution in [3.05, 3.63) is 113 Å². The second-order valence-electron chi connectivity index (χ2n) is 8.92. The first kappa shape index (κ1) is 15.9. The lowest BCUT2D eigenvalue weighted by Crippen LogP contribution is -1.94. The van der Waals surface area contributed by atoms with E-state index >= 15 is 0 Å². The van der Waals surface area contributed by atoms with Gasteiger partial charge in [0.25, 0.3) is 0 Å². The van der Waals surface area contributed by atoms with Crippen LogP contribution in [0.3, 0.4) is 0 Å². The van der Waals surface area contributed by atoms with Crippen molar-refractivity contribution >= 4 is 27.2 Å². The Balaban J connectivity index is 1.46. The molecule has 6 aromatic rings. The fourth-order valence-electron chi connectivity index (χ4n) is 6.21. The van der Waals surface area contributed by atoms with Gasteiger partial charge in [-0.15, -0.1) is 0 Å². The average molecular weight is 393 g/mol. The van der Waals surface area contributed by atoms with E-state index in [2.05, 4.69) is 95.5 Å². The van der Waals surface area contributed by atoms with Gasteiger partial charge in [0.1, 0.15) is 0 Å². The Morgan fingerprint density at radius 2 is 1.19 bits per heavy atom. The van der Waals surface area contributed by atoms with Gasteiger partial charge in [0.2, 0.25) is 0 Å². The van der Waals surface area contributed by atoms with Crippen LogP contribution in [-0.4, -0.2) is 4.40 Å². The molecule has 0 bridgehead atoms. The van der Waals surface area contributed by atoms with Crippen molar-refractivity contribution in [2.75, 3.05) is 0 Å². The number of hydrogen-bond donors (Lipinski definition) is 0. The minimum Gasteiger partial charge on any atom is -0.316 e. The normalized spacial score (nSPS) is 13.5. The molecule has 0 fully saturated rings. The first-order chi connectivity index (χ1) is 15.4. The number of rotatable bonds is 0. The molecule has 2 aromatic heterocycles. The molecule has 0 saturated carbocycles. The maximum Gasteiger partial charge on any atom is 0.0538 e. The third-order valence-corrected chi connectivity index (χ3v) is 7.52. The Kier molecular flexibility index (Phi) is 2.80. The molecular formula is C30H19N. The molecule has 1 nitrogen and oxygen atoms in total. The number of aromatic nitrogens is 1. The summed E-state index contributed by atoms with van der Waals surface area (Å²) in [5, 5.41) is 4.12. The molecule has 1 heteroatoms. The highest BCUT2D eigenvalue weighted by Gasteiger charge is 2.29. The number of benzene rings is 4. The van der Waals surface area contributed by atoms with Crippen LogP contribution in [0.2, 0.25) is 0 Å². The van der Waals surface area contributed by atoms with Crippen molar-refractivity contribution in [2.24, 2.45) is 0 Å². The monoisotopic (exact) mass is 393 g/mol. The highest BCUT2D eigenvalue weighted by molar-refractivity contribution is 6.16. The van der Waals surface area contributed by atoms with Gasteiger partial charge in [-0.1, -0.05) is 66.7 Å². The van der Waals surface area contributed by atoms with Crippen LogP contribution in [-0.2, 0) is 12.8 Å². The standard InChI is InChI=1S/C30H19N/c1-2-7-19-18(6-1)16-25-20(19)11-12-21-22-13-14-24-23-8-3-4-9-28(23)31-15-5-10-29(31)30(24)27(22)17-26(21)25/h1-15H,16-17H2. The molecular weight excluding hydrogens is 374 g/mol. The first-order valence-corrected chi connectivity index (χ1v) is 11.1. The van der Waals surface area contributed by atoms with Crippen molar-refractivity contribution < 1.29 is 0 Å². The second-order valence-corrected chi connectivity index (χ2v) is 8.92. The Morgan fingerprint density at radius 3 is 2.16 bits per heavy atom. The Morgan fingerprint density at radius 1 is 0.484 bits per heavy atom. The summed E-state index contributed by atoms with van der Waals surface area (Å²) < 4.78 is 2.36. The van der Waals surface area contributed by atoms with Crippen LogP contribution < -0.4 is 0 Å². The Bertz CT molecular complexity index is 1730. The molecule has 0 radical (unpaired) electrons. The quantitative estimate of drug-likeness (QED) is 0.237. The third kappa shape index (κ3) is 1.88. The van der Waals surface area contributed by atoms with Gasteiger partial charge < -0.3 is 4.40 Å². The molecule has 8 rings (SSSR count). The van der Waals surface area contributed by atoms with Gasteiger partial charge in [0.15, 0.2) is 0 Å². The summed E-state index contributed by atoms with van der Waals surface area (Å²) in [6.07, 6.45) is 4.29. The summed E-state index contributed by atoms with van der Waals surface area (Å²) in [6.45, 7) is 0. The summed E-state index contributed by atoms with van der Waals surface area (Å²) >= 11 is 0. The van der Waals surface area contributed by atoms with Gasteiger partial charge in [-0.05, 0) is 80.9 Å². The van der Waals surface area contributed by atoms with Crippen LogP contribution in [0.5, 0.6) is 0 Å². The van der Waals surface area contributed by atoms with E-state index in [1.54, 1.807) is 0 Å². The van der Waals surface area contributed by atoms with Crippen LogP contribution in [0, 0.1) is 0 Å². The summed E-state index contributed by atoms with van der Waals surface area (Å²) in [6, 6.07) is 31.6. The van der Waals surface area contributed by atoms with Crippen LogP contribution in [0.25, 0.3) is 49.4 Å². The van der Waals surface area contributed by atoms with E-state index in [-0.39, 0.29) is 0 Å². The van der Waals surface area contributed by atoms with Crippen LogP contribution in [0.4, 0.5) is 0 Å². The molecule has 0 atom stereocenters. The zero-order valence-corrected chi connectivity index (χ0v) is 17.0. The Hall–Kier alpha value is -3.84. The number of hydrogen-bond acceptors (Lipinski definition) is 0. The molecule has 0 amide bonds. The highest BCUT2D eigenvalue weighted by Crippen LogP contribution is 2.49. The highest BCUT2D eigenvalue weighted by atomic mass is 14.9. The second kappa shape index (κ2) is 5.44. The molecule has 144 valence electrons. The van der Waals surface area contributed by atoms with Crippen molar-refractivity contribution in [1.29, 1.82) is 0 Å². The summed E-state index contributed by atoms with van der Waals surface area (Å²) in [7, 11) is 0. The minimum atomic E-state index is 1.03. The number of fused-ring (bicyclic) bond motifs is 14. The summed E-state index contributed by atoms with van der Waals surface area (Å²) in [5.41, 5.74) is 14.3. The number of para-hydroxylation sites is 1.